The van der Waals surface area contributed by atoms with Crippen molar-refractivity contribution in [1.82, 2.24) is 20.5 Å². The third-order valence-corrected chi connectivity index (χ3v) is 5.05. The molecular formula is C21H15FN6O2. The monoisotopic (exact) mass is 402 g/mol. The molecule has 0 spiro atoms. The van der Waals surface area contributed by atoms with Gasteiger partial charge in [0.25, 0.3) is 5.89 Å². The van der Waals surface area contributed by atoms with Crippen molar-refractivity contribution in [2.75, 3.05) is 11.9 Å². The average Bonchev–Trinajstić information content (AvgIpc) is 3.47. The first-order valence-electron chi connectivity index (χ1n) is 9.32. The van der Waals surface area contributed by atoms with E-state index in [4.69, 9.17) is 9.68 Å². The minimum absolute atomic E-state index is 0.114. The minimum Gasteiger partial charge on any atom is -0.403 e. The quantitative estimate of drug-likeness (QED) is 0.482. The first-order chi connectivity index (χ1) is 14.6. The number of aromatic nitrogens is 3. The van der Waals surface area contributed by atoms with Crippen LogP contribution in [0.1, 0.15) is 12.0 Å². The number of hydrogen-bond acceptors (Lipinski definition) is 6. The molecule has 1 atom stereocenters. The van der Waals surface area contributed by atoms with Crippen molar-refractivity contribution >= 4 is 22.8 Å². The molecule has 0 radical (unpaired) electrons. The smallest absolute Gasteiger partial charge is 0.316 e. The fourth-order valence-corrected chi connectivity index (χ4v) is 3.58. The van der Waals surface area contributed by atoms with Crippen LogP contribution >= 0.6 is 0 Å². The van der Waals surface area contributed by atoms with Gasteiger partial charge in [0.15, 0.2) is 0 Å². The lowest BCUT2D eigenvalue weighted by Gasteiger charge is -2.05. The largest absolute Gasteiger partial charge is 0.403 e. The van der Waals surface area contributed by atoms with Gasteiger partial charge >= 0.3 is 6.01 Å². The van der Waals surface area contributed by atoms with E-state index in [9.17, 15) is 9.18 Å². The second-order valence-corrected chi connectivity index (χ2v) is 6.94. The first-order valence-corrected chi connectivity index (χ1v) is 9.32. The van der Waals surface area contributed by atoms with Gasteiger partial charge in [-0.2, -0.15) is 5.26 Å². The van der Waals surface area contributed by atoms with E-state index in [1.54, 1.807) is 30.3 Å². The van der Waals surface area contributed by atoms with Gasteiger partial charge in [0.2, 0.25) is 5.91 Å². The van der Waals surface area contributed by atoms with E-state index < -0.39 is 11.9 Å². The zero-order valence-electron chi connectivity index (χ0n) is 15.6. The number of nitrogens with one attached hydrogen (secondary N) is 3. The van der Waals surface area contributed by atoms with Crippen LogP contribution in [0.4, 0.5) is 10.4 Å². The summed E-state index contributed by atoms with van der Waals surface area (Å²) in [6.45, 7) is 0.585. The van der Waals surface area contributed by atoms with Gasteiger partial charge in [-0.15, -0.1) is 5.10 Å². The molecule has 1 fully saturated rings. The molecule has 1 amide bonds. The van der Waals surface area contributed by atoms with E-state index in [0.29, 0.717) is 40.7 Å². The van der Waals surface area contributed by atoms with Crippen LogP contribution < -0.4 is 10.6 Å². The first kappa shape index (κ1) is 17.9. The number of halogens is 1. The molecule has 1 saturated heterocycles. The summed E-state index contributed by atoms with van der Waals surface area (Å²) in [6.07, 6.45) is 0.616. The Kier molecular flexibility index (Phi) is 4.17. The van der Waals surface area contributed by atoms with Crippen LogP contribution in [0.5, 0.6) is 0 Å². The highest BCUT2D eigenvalue weighted by Crippen LogP contribution is 2.38. The zero-order valence-corrected chi connectivity index (χ0v) is 15.6. The van der Waals surface area contributed by atoms with E-state index in [1.807, 2.05) is 0 Å². The van der Waals surface area contributed by atoms with Gasteiger partial charge in [-0.05, 0) is 42.3 Å². The van der Waals surface area contributed by atoms with Crippen LogP contribution in [0, 0.1) is 17.1 Å². The number of anilines is 1. The van der Waals surface area contributed by atoms with Gasteiger partial charge in [0, 0.05) is 17.4 Å². The van der Waals surface area contributed by atoms with Crippen LogP contribution in [0.2, 0.25) is 0 Å². The number of benzene rings is 2. The molecule has 148 valence electrons. The molecule has 1 aliphatic rings. The zero-order chi connectivity index (χ0) is 20.7. The molecule has 0 bridgehead atoms. The molecule has 1 aliphatic heterocycles. The summed E-state index contributed by atoms with van der Waals surface area (Å²) in [5.41, 5.74) is 3.22. The number of rotatable bonds is 4. The number of fused-ring (bicyclic) bond motifs is 1. The number of hydrogen-bond donors (Lipinski definition) is 3. The third kappa shape index (κ3) is 3.04. The lowest BCUT2D eigenvalue weighted by Crippen LogP contribution is -2.29. The number of H-pyrrole nitrogens is 1. The Hall–Kier alpha value is -4.19. The third-order valence-electron chi connectivity index (χ3n) is 5.05. The number of aromatic amines is 1. The standard InChI is InChI=1S/C21H15FN6O2/c22-13-5-6-15-14(9-13)17(18(25-15)12-3-1-11(10-23)2-4-12)20-27-28-21(30-20)26-16-7-8-24-19(16)29/h1-6,9,16,25H,7-8H2,(H,24,29)(H,26,28). The van der Waals surface area contributed by atoms with E-state index in [-0.39, 0.29) is 17.8 Å². The van der Waals surface area contributed by atoms with E-state index in [1.165, 1.54) is 12.1 Å². The maximum absolute atomic E-state index is 14.0. The number of carbonyl (C=O) groups excluding carboxylic acids is 1. The van der Waals surface area contributed by atoms with Crippen molar-refractivity contribution in [3.63, 3.8) is 0 Å². The molecule has 2 aromatic carbocycles. The SMILES string of the molecule is N#Cc1ccc(-c2[nH]c3ccc(F)cc3c2-c2nnc(NC3CCNC3=O)o2)cc1. The highest BCUT2D eigenvalue weighted by Gasteiger charge is 2.26. The minimum atomic E-state index is -0.434. The molecule has 4 aromatic rings. The number of nitriles is 1. The Labute approximate surface area is 169 Å². The molecule has 0 aliphatic carbocycles. The number of amides is 1. The Bertz CT molecular complexity index is 1300. The summed E-state index contributed by atoms with van der Waals surface area (Å²) in [4.78, 5) is 15.1. The Morgan fingerprint density at radius 2 is 2.03 bits per heavy atom. The molecule has 9 heteroatoms. The summed E-state index contributed by atoms with van der Waals surface area (Å²) in [7, 11) is 0. The summed E-state index contributed by atoms with van der Waals surface area (Å²) < 4.78 is 19.8. The Morgan fingerprint density at radius 1 is 1.20 bits per heavy atom. The fraction of sp³-hybridized carbons (Fsp3) is 0.143. The predicted molar refractivity (Wildman–Crippen MR) is 107 cm³/mol. The van der Waals surface area contributed by atoms with Gasteiger partial charge in [-0.25, -0.2) is 4.39 Å². The highest BCUT2D eigenvalue weighted by molar-refractivity contribution is 6.02. The van der Waals surface area contributed by atoms with Crippen molar-refractivity contribution < 1.29 is 13.6 Å². The Morgan fingerprint density at radius 3 is 2.77 bits per heavy atom. The van der Waals surface area contributed by atoms with Gasteiger partial charge in [-0.3, -0.25) is 4.79 Å². The lowest BCUT2D eigenvalue weighted by molar-refractivity contribution is -0.119. The average molecular weight is 402 g/mol. The van der Waals surface area contributed by atoms with Gasteiger partial charge in [-0.1, -0.05) is 17.2 Å². The van der Waals surface area contributed by atoms with Gasteiger partial charge < -0.3 is 20.0 Å². The molecular weight excluding hydrogens is 387 g/mol. The summed E-state index contributed by atoms with van der Waals surface area (Å²) in [5, 5.41) is 23.4. The second-order valence-electron chi connectivity index (χ2n) is 6.94. The topological polar surface area (TPSA) is 120 Å². The molecule has 0 saturated carbocycles. The lowest BCUT2D eigenvalue weighted by atomic mass is 10.0. The molecule has 8 nitrogen and oxygen atoms in total. The highest BCUT2D eigenvalue weighted by atomic mass is 19.1. The van der Waals surface area contributed by atoms with Crippen molar-refractivity contribution in [3.8, 4) is 28.8 Å². The van der Waals surface area contributed by atoms with Crippen LogP contribution in [0.25, 0.3) is 33.6 Å². The Balaban J connectivity index is 1.61. The van der Waals surface area contributed by atoms with Crippen molar-refractivity contribution in [1.29, 1.82) is 5.26 Å². The van der Waals surface area contributed by atoms with Crippen molar-refractivity contribution in [2.45, 2.75) is 12.5 Å². The summed E-state index contributed by atoms with van der Waals surface area (Å²) >= 11 is 0. The van der Waals surface area contributed by atoms with E-state index in [0.717, 1.165) is 5.56 Å². The van der Waals surface area contributed by atoms with Gasteiger partial charge in [0.1, 0.15) is 11.9 Å². The van der Waals surface area contributed by atoms with Crippen molar-refractivity contribution in [2.24, 2.45) is 0 Å². The van der Waals surface area contributed by atoms with E-state index >= 15 is 0 Å². The molecule has 5 rings (SSSR count). The molecule has 3 N–H and O–H groups in total. The van der Waals surface area contributed by atoms with Crippen molar-refractivity contribution in [3.05, 3.63) is 53.8 Å². The van der Waals surface area contributed by atoms with Gasteiger partial charge in [0.05, 0.1) is 22.9 Å². The molecule has 30 heavy (non-hydrogen) atoms. The maximum atomic E-state index is 14.0. The van der Waals surface area contributed by atoms with Crippen LogP contribution in [-0.2, 0) is 4.79 Å². The summed E-state index contributed by atoms with van der Waals surface area (Å²) in [6, 6.07) is 13.2. The molecule has 3 heterocycles. The second kappa shape index (κ2) is 7.00. The van der Waals surface area contributed by atoms with Crippen LogP contribution in [-0.4, -0.2) is 33.7 Å². The predicted octanol–water partition coefficient (Wildman–Crippen LogP) is 3.20. The number of carbonyl (C=O) groups is 1. The number of nitrogens with zero attached hydrogens (tertiary/aromatic N) is 3. The van der Waals surface area contributed by atoms with E-state index in [2.05, 4.69) is 31.9 Å². The molecule has 1 unspecified atom stereocenters. The fourth-order valence-electron chi connectivity index (χ4n) is 3.58. The molecule has 2 aromatic heterocycles. The van der Waals surface area contributed by atoms with Crippen LogP contribution in [0.15, 0.2) is 46.9 Å². The normalized spacial score (nSPS) is 15.9. The van der Waals surface area contributed by atoms with Crippen LogP contribution in [0.3, 0.4) is 0 Å². The summed E-state index contributed by atoms with van der Waals surface area (Å²) in [5.74, 6) is -0.330. The maximum Gasteiger partial charge on any atom is 0.316 e.